The summed E-state index contributed by atoms with van der Waals surface area (Å²) >= 11 is 0. The summed E-state index contributed by atoms with van der Waals surface area (Å²) in [4.78, 5) is 7.07. The lowest BCUT2D eigenvalue weighted by Crippen LogP contribution is -1.88. The molecule has 0 aromatic carbocycles. The quantitative estimate of drug-likeness (QED) is 0.710. The van der Waals surface area contributed by atoms with Gasteiger partial charge in [0.25, 0.3) is 0 Å². The molecule has 1 aromatic heterocycles. The van der Waals surface area contributed by atoms with Gasteiger partial charge in [-0.1, -0.05) is 13.8 Å². The summed E-state index contributed by atoms with van der Waals surface area (Å²) in [6, 6.07) is 0. The number of methoxy groups -OCH3 is 1. The zero-order chi connectivity index (χ0) is 8.69. The van der Waals surface area contributed by atoms with Crippen LogP contribution in [0.25, 0.3) is 0 Å². The van der Waals surface area contributed by atoms with Gasteiger partial charge in [-0.25, -0.2) is 4.98 Å². The summed E-state index contributed by atoms with van der Waals surface area (Å²) in [6.07, 6.45) is 1.79. The number of aryl methyl sites for hydroxylation is 1. The van der Waals surface area contributed by atoms with Gasteiger partial charge in [0, 0.05) is 19.0 Å². The average Bonchev–Trinajstić information content (AvgIpc) is 2.41. The number of nitrogens with zero attached hydrogens (tertiary/aromatic N) is 1. The van der Waals surface area contributed by atoms with Gasteiger partial charge in [-0.15, -0.1) is 0 Å². The summed E-state index contributed by atoms with van der Waals surface area (Å²) in [7, 11) is 1.65. The summed E-state index contributed by atoms with van der Waals surface area (Å²) in [5, 5.41) is 0. The van der Waals surface area contributed by atoms with Crippen LogP contribution in [0.1, 0.15) is 25.4 Å². The second-order valence-electron chi connectivity index (χ2n) is 1.95. The number of H-pyrrole nitrogens is 1. The molecule has 0 radical (unpaired) electrons. The molecule has 1 aromatic rings. The first kappa shape index (κ1) is 10.2. The molecule has 3 nitrogen and oxygen atoms in total. The number of hydrogen-bond acceptors (Lipinski definition) is 2. The number of rotatable bonds is 2. The summed E-state index contributed by atoms with van der Waals surface area (Å²) in [5.74, 6) is 0.884. The van der Waals surface area contributed by atoms with Crippen molar-refractivity contribution in [3.8, 4) is 0 Å². The van der Waals surface area contributed by atoms with Crippen molar-refractivity contribution in [2.75, 3.05) is 7.11 Å². The van der Waals surface area contributed by atoms with Gasteiger partial charge in [-0.2, -0.15) is 0 Å². The molecular weight excluding hydrogens is 140 g/mol. The molecule has 1 heterocycles. The SMILES string of the molecule is CC.COCc1ncc(C)[nH]1. The van der Waals surface area contributed by atoms with Crippen LogP contribution in [0.15, 0.2) is 6.20 Å². The number of ether oxygens (including phenoxy) is 1. The highest BCUT2D eigenvalue weighted by Crippen LogP contribution is 1.94. The van der Waals surface area contributed by atoms with Crippen molar-refractivity contribution in [3.05, 3.63) is 17.7 Å². The van der Waals surface area contributed by atoms with E-state index in [2.05, 4.69) is 9.97 Å². The maximum atomic E-state index is 4.85. The third kappa shape index (κ3) is 3.78. The van der Waals surface area contributed by atoms with Crippen LogP contribution in [0.4, 0.5) is 0 Å². The number of hydrogen-bond donors (Lipinski definition) is 1. The fourth-order valence-electron chi connectivity index (χ4n) is 0.677. The fourth-order valence-corrected chi connectivity index (χ4v) is 0.677. The van der Waals surface area contributed by atoms with Gasteiger partial charge < -0.3 is 9.72 Å². The van der Waals surface area contributed by atoms with Crippen LogP contribution in [0.2, 0.25) is 0 Å². The Morgan fingerprint density at radius 2 is 2.18 bits per heavy atom. The molecule has 0 spiro atoms. The number of aromatic amines is 1. The van der Waals surface area contributed by atoms with Crippen LogP contribution < -0.4 is 0 Å². The Morgan fingerprint density at radius 1 is 1.55 bits per heavy atom. The van der Waals surface area contributed by atoms with E-state index in [9.17, 15) is 0 Å². The molecule has 0 saturated heterocycles. The molecule has 11 heavy (non-hydrogen) atoms. The van der Waals surface area contributed by atoms with Crippen LogP contribution in [-0.2, 0) is 11.3 Å². The first-order chi connectivity index (χ1) is 5.33. The molecule has 0 fully saturated rings. The van der Waals surface area contributed by atoms with Gasteiger partial charge in [0.05, 0.1) is 0 Å². The van der Waals surface area contributed by atoms with Gasteiger partial charge in [-0.3, -0.25) is 0 Å². The van der Waals surface area contributed by atoms with E-state index in [1.54, 1.807) is 13.3 Å². The highest BCUT2D eigenvalue weighted by Gasteiger charge is 1.92. The van der Waals surface area contributed by atoms with Gasteiger partial charge >= 0.3 is 0 Å². The van der Waals surface area contributed by atoms with Crippen LogP contribution in [0, 0.1) is 6.92 Å². The largest absolute Gasteiger partial charge is 0.377 e. The molecule has 0 aliphatic rings. The topological polar surface area (TPSA) is 37.9 Å². The Kier molecular flexibility index (Phi) is 5.47. The maximum Gasteiger partial charge on any atom is 0.132 e. The minimum atomic E-state index is 0.563. The monoisotopic (exact) mass is 156 g/mol. The molecule has 0 unspecified atom stereocenters. The van der Waals surface area contributed by atoms with Crippen LogP contribution >= 0.6 is 0 Å². The highest BCUT2D eigenvalue weighted by molar-refractivity contribution is 4.96. The zero-order valence-electron chi connectivity index (χ0n) is 7.64. The summed E-state index contributed by atoms with van der Waals surface area (Å²) < 4.78 is 4.85. The molecule has 0 aliphatic carbocycles. The minimum Gasteiger partial charge on any atom is -0.377 e. The van der Waals surface area contributed by atoms with E-state index in [0.29, 0.717) is 6.61 Å². The molecular formula is C8H16N2O. The first-order valence-corrected chi connectivity index (χ1v) is 3.82. The van der Waals surface area contributed by atoms with Crippen molar-refractivity contribution in [1.82, 2.24) is 9.97 Å². The molecule has 0 amide bonds. The van der Waals surface area contributed by atoms with E-state index in [0.717, 1.165) is 11.5 Å². The van der Waals surface area contributed by atoms with Gasteiger partial charge in [0.2, 0.25) is 0 Å². The molecule has 0 bridgehead atoms. The lowest BCUT2D eigenvalue weighted by Gasteiger charge is -1.89. The smallest absolute Gasteiger partial charge is 0.132 e. The van der Waals surface area contributed by atoms with Crippen molar-refractivity contribution in [1.29, 1.82) is 0 Å². The first-order valence-electron chi connectivity index (χ1n) is 3.82. The van der Waals surface area contributed by atoms with E-state index in [4.69, 9.17) is 4.74 Å². The lowest BCUT2D eigenvalue weighted by atomic mass is 10.6. The van der Waals surface area contributed by atoms with Crippen molar-refractivity contribution in [3.63, 3.8) is 0 Å². The molecule has 0 atom stereocenters. The van der Waals surface area contributed by atoms with Crippen molar-refractivity contribution in [2.24, 2.45) is 0 Å². The molecule has 0 aliphatic heterocycles. The van der Waals surface area contributed by atoms with Crippen LogP contribution in [-0.4, -0.2) is 17.1 Å². The fraction of sp³-hybridized carbons (Fsp3) is 0.625. The van der Waals surface area contributed by atoms with Crippen molar-refractivity contribution >= 4 is 0 Å². The van der Waals surface area contributed by atoms with Gasteiger partial charge in [0.15, 0.2) is 0 Å². The highest BCUT2D eigenvalue weighted by atomic mass is 16.5. The zero-order valence-corrected chi connectivity index (χ0v) is 7.64. The summed E-state index contributed by atoms with van der Waals surface area (Å²) in [5.41, 5.74) is 1.07. The number of aromatic nitrogens is 2. The molecule has 1 rings (SSSR count). The molecule has 3 heteroatoms. The van der Waals surface area contributed by atoms with Crippen LogP contribution in [0.3, 0.4) is 0 Å². The maximum absolute atomic E-state index is 4.85. The third-order valence-corrected chi connectivity index (χ3v) is 1.04. The van der Waals surface area contributed by atoms with Gasteiger partial charge in [0.1, 0.15) is 12.4 Å². The van der Waals surface area contributed by atoms with E-state index >= 15 is 0 Å². The third-order valence-electron chi connectivity index (χ3n) is 1.04. The molecule has 64 valence electrons. The van der Waals surface area contributed by atoms with Crippen LogP contribution in [0.5, 0.6) is 0 Å². The average molecular weight is 156 g/mol. The van der Waals surface area contributed by atoms with Crippen molar-refractivity contribution in [2.45, 2.75) is 27.4 Å². The van der Waals surface area contributed by atoms with E-state index < -0.39 is 0 Å². The Hall–Kier alpha value is -0.830. The van der Waals surface area contributed by atoms with Gasteiger partial charge in [-0.05, 0) is 6.92 Å². The Balaban J connectivity index is 0.000000461. The predicted octanol–water partition coefficient (Wildman–Crippen LogP) is 1.89. The Bertz CT molecular complexity index is 184. The second kappa shape index (κ2) is 5.92. The standard InChI is InChI=1S/C6H10N2O.C2H6/c1-5-3-7-6(8-5)4-9-2;1-2/h3H,4H2,1-2H3,(H,7,8);1-2H3. The predicted molar refractivity (Wildman–Crippen MR) is 45.4 cm³/mol. The van der Waals surface area contributed by atoms with E-state index in [1.807, 2.05) is 20.8 Å². The number of imidazole rings is 1. The Labute approximate surface area is 67.8 Å². The normalized spacial score (nSPS) is 8.73. The lowest BCUT2D eigenvalue weighted by molar-refractivity contribution is 0.178. The Morgan fingerprint density at radius 3 is 2.55 bits per heavy atom. The second-order valence-corrected chi connectivity index (χ2v) is 1.95. The summed E-state index contributed by atoms with van der Waals surface area (Å²) in [6.45, 7) is 6.53. The van der Waals surface area contributed by atoms with Crippen molar-refractivity contribution < 1.29 is 4.74 Å². The molecule has 1 N–H and O–H groups in total. The molecule has 0 saturated carbocycles. The van der Waals surface area contributed by atoms with E-state index in [-0.39, 0.29) is 0 Å². The minimum absolute atomic E-state index is 0.563. The van der Waals surface area contributed by atoms with E-state index in [1.165, 1.54) is 0 Å². The number of nitrogens with one attached hydrogen (secondary N) is 1.